The normalized spacial score (nSPS) is 11.9. The summed E-state index contributed by atoms with van der Waals surface area (Å²) in [4.78, 5) is 0. The first-order chi connectivity index (χ1) is 16.2. The van der Waals surface area contributed by atoms with Gasteiger partial charge in [0.2, 0.25) is 0 Å². The molecule has 0 amide bonds. The van der Waals surface area contributed by atoms with Crippen LogP contribution in [0.2, 0.25) is 0 Å². The number of hydrogen-bond donors (Lipinski definition) is 0. The van der Waals surface area contributed by atoms with E-state index in [4.69, 9.17) is 0 Å². The zero-order valence-electron chi connectivity index (χ0n) is 19.9. The lowest BCUT2D eigenvalue weighted by molar-refractivity contribution is 0.795. The van der Waals surface area contributed by atoms with E-state index in [0.29, 0.717) is 0 Å². The Morgan fingerprint density at radius 3 is 1.24 bits per heavy atom. The zero-order valence-corrected chi connectivity index (χ0v) is 19.9. The van der Waals surface area contributed by atoms with Crippen LogP contribution in [0.3, 0.4) is 0 Å². The molecule has 0 N–H and O–H groups in total. The van der Waals surface area contributed by atoms with Crippen molar-refractivity contribution in [2.24, 2.45) is 0 Å². The highest BCUT2D eigenvalue weighted by molar-refractivity contribution is 5.86. The molecule has 0 saturated heterocycles. The van der Waals surface area contributed by atoms with E-state index in [-0.39, 0.29) is 0 Å². The number of unbranched alkanes of at least 4 members (excludes halogenated alkanes) is 2. The quantitative estimate of drug-likeness (QED) is 0.230. The van der Waals surface area contributed by atoms with E-state index in [1.54, 1.807) is 0 Å². The van der Waals surface area contributed by atoms with Crippen LogP contribution in [0.4, 0.5) is 0 Å². The third-order valence-corrected chi connectivity index (χ3v) is 6.92. The van der Waals surface area contributed by atoms with Crippen molar-refractivity contribution < 1.29 is 0 Å². The molecule has 0 atom stereocenters. The molecule has 0 nitrogen and oxygen atoms in total. The Morgan fingerprint density at radius 2 is 0.848 bits per heavy atom. The third kappa shape index (κ3) is 4.67. The number of aryl methyl sites for hydroxylation is 2. The molecule has 0 aromatic heterocycles. The summed E-state index contributed by atoms with van der Waals surface area (Å²) in [6.07, 6.45) is 9.71. The van der Waals surface area contributed by atoms with Crippen molar-refractivity contribution in [1.29, 1.82) is 0 Å². The zero-order chi connectivity index (χ0) is 22.6. The lowest BCUT2D eigenvalue weighted by Crippen LogP contribution is -1.86. The average molecular weight is 430 g/mol. The molecular weight excluding hydrogens is 396 g/mol. The van der Waals surface area contributed by atoms with Crippen molar-refractivity contribution in [2.45, 2.75) is 52.4 Å². The van der Waals surface area contributed by atoms with E-state index in [9.17, 15) is 0 Å². The Balaban J connectivity index is 1.36. The first-order valence-electron chi connectivity index (χ1n) is 12.6. The van der Waals surface area contributed by atoms with Crippen molar-refractivity contribution in [3.05, 3.63) is 114 Å². The average Bonchev–Trinajstić information content (AvgIpc) is 3.24. The smallest absolute Gasteiger partial charge is 0.0212 e. The Kier molecular flexibility index (Phi) is 6.44. The minimum atomic E-state index is 1.17. The van der Waals surface area contributed by atoms with Crippen molar-refractivity contribution in [3.63, 3.8) is 0 Å². The molecule has 1 aliphatic carbocycles. The van der Waals surface area contributed by atoms with Gasteiger partial charge < -0.3 is 0 Å². The van der Waals surface area contributed by atoms with Crippen molar-refractivity contribution in [1.82, 2.24) is 0 Å². The van der Waals surface area contributed by atoms with Gasteiger partial charge >= 0.3 is 0 Å². The van der Waals surface area contributed by atoms with E-state index in [1.165, 1.54) is 94.2 Å². The molecule has 4 aromatic carbocycles. The molecule has 0 heterocycles. The molecule has 1 aliphatic rings. The van der Waals surface area contributed by atoms with Gasteiger partial charge in [-0.2, -0.15) is 0 Å². The summed E-state index contributed by atoms with van der Waals surface area (Å²) in [7, 11) is 0. The standard InChI is InChI=1S/C33H33/c1-3-5-7-24-9-13-26(14-10-24)28-17-19-32-30(21-28)23-31-22-29(18-20-33(31)32)27-15-11-25(12-16-27)8-6-4-2/h9-23H,3-8H2,1-2H3. The maximum Gasteiger partial charge on any atom is 0.0212 e. The molecule has 5 rings (SSSR count). The van der Waals surface area contributed by atoms with Gasteiger partial charge in [0.15, 0.2) is 0 Å². The predicted molar refractivity (Wildman–Crippen MR) is 142 cm³/mol. The summed E-state index contributed by atoms with van der Waals surface area (Å²) < 4.78 is 0. The molecule has 1 radical (unpaired) electrons. The second kappa shape index (κ2) is 9.79. The monoisotopic (exact) mass is 429 g/mol. The van der Waals surface area contributed by atoms with Crippen LogP contribution in [-0.2, 0) is 12.8 Å². The molecule has 0 bridgehead atoms. The molecular formula is C33H33. The second-order valence-electron chi connectivity index (χ2n) is 9.35. The van der Waals surface area contributed by atoms with Gasteiger partial charge in [-0.3, -0.25) is 0 Å². The minimum absolute atomic E-state index is 1.17. The fourth-order valence-corrected chi connectivity index (χ4v) is 4.87. The van der Waals surface area contributed by atoms with Gasteiger partial charge in [0.05, 0.1) is 0 Å². The highest BCUT2D eigenvalue weighted by atomic mass is 14.2. The lowest BCUT2D eigenvalue weighted by atomic mass is 9.97. The van der Waals surface area contributed by atoms with E-state index in [0.717, 1.165) is 0 Å². The Morgan fingerprint density at radius 1 is 0.455 bits per heavy atom. The van der Waals surface area contributed by atoms with Gasteiger partial charge in [-0.15, -0.1) is 0 Å². The van der Waals surface area contributed by atoms with Gasteiger partial charge in [0, 0.05) is 6.42 Å². The van der Waals surface area contributed by atoms with Gasteiger partial charge in [-0.25, -0.2) is 0 Å². The van der Waals surface area contributed by atoms with Gasteiger partial charge in [-0.05, 0) is 93.5 Å². The maximum atomic E-state index is 2.35. The Bertz CT molecular complexity index is 1130. The van der Waals surface area contributed by atoms with Crippen LogP contribution >= 0.6 is 0 Å². The van der Waals surface area contributed by atoms with Gasteiger partial charge in [-0.1, -0.05) is 99.5 Å². The topological polar surface area (TPSA) is 0 Å². The van der Waals surface area contributed by atoms with Crippen LogP contribution in [0.25, 0.3) is 33.4 Å². The molecule has 0 fully saturated rings. The van der Waals surface area contributed by atoms with Gasteiger partial charge in [0.1, 0.15) is 0 Å². The van der Waals surface area contributed by atoms with E-state index >= 15 is 0 Å². The summed E-state index contributed by atoms with van der Waals surface area (Å²) >= 11 is 0. The third-order valence-electron chi connectivity index (χ3n) is 6.92. The summed E-state index contributed by atoms with van der Waals surface area (Å²) in [6.45, 7) is 4.50. The van der Waals surface area contributed by atoms with E-state index in [1.807, 2.05) is 0 Å². The number of hydrogen-bond acceptors (Lipinski definition) is 0. The Labute approximate surface area is 199 Å². The number of fused-ring (bicyclic) bond motifs is 3. The van der Waals surface area contributed by atoms with Crippen LogP contribution in [0.1, 0.15) is 61.8 Å². The first kappa shape index (κ1) is 21.7. The molecule has 0 spiro atoms. The molecule has 0 aliphatic heterocycles. The fourth-order valence-electron chi connectivity index (χ4n) is 4.87. The molecule has 33 heavy (non-hydrogen) atoms. The van der Waals surface area contributed by atoms with Crippen LogP contribution in [0.15, 0.2) is 84.9 Å². The summed E-state index contributed by atoms with van der Waals surface area (Å²) in [5.41, 5.74) is 13.4. The minimum Gasteiger partial charge on any atom is -0.0654 e. The lowest BCUT2D eigenvalue weighted by Gasteiger charge is -2.08. The van der Waals surface area contributed by atoms with Crippen LogP contribution < -0.4 is 0 Å². The summed E-state index contributed by atoms with van der Waals surface area (Å²) in [5.74, 6) is 0. The number of rotatable bonds is 8. The summed E-state index contributed by atoms with van der Waals surface area (Å²) in [6, 6.07) is 32.1. The predicted octanol–water partition coefficient (Wildman–Crippen LogP) is 9.29. The fraction of sp³-hybridized carbons (Fsp3) is 0.242. The van der Waals surface area contributed by atoms with Crippen molar-refractivity contribution >= 4 is 0 Å². The highest BCUT2D eigenvalue weighted by Crippen LogP contribution is 2.41. The van der Waals surface area contributed by atoms with Crippen LogP contribution in [0, 0.1) is 6.42 Å². The molecule has 4 aromatic rings. The molecule has 0 unspecified atom stereocenters. The second-order valence-corrected chi connectivity index (χ2v) is 9.35. The first-order valence-corrected chi connectivity index (χ1v) is 12.6. The maximum absolute atomic E-state index is 2.35. The highest BCUT2D eigenvalue weighted by Gasteiger charge is 2.20. The van der Waals surface area contributed by atoms with E-state index in [2.05, 4.69) is 105 Å². The number of benzene rings is 4. The summed E-state index contributed by atoms with van der Waals surface area (Å²) in [5, 5.41) is 0. The molecule has 0 heteroatoms. The van der Waals surface area contributed by atoms with Gasteiger partial charge in [0.25, 0.3) is 0 Å². The van der Waals surface area contributed by atoms with Crippen molar-refractivity contribution in [2.75, 3.05) is 0 Å². The largest absolute Gasteiger partial charge is 0.0654 e. The SMILES string of the molecule is CCCCc1ccc(-c2ccc3c(c2)[CH]c2cc(-c4ccc(CCCC)cc4)ccc2-3)cc1. The van der Waals surface area contributed by atoms with Crippen LogP contribution in [-0.4, -0.2) is 0 Å². The Hall–Kier alpha value is -3.12. The van der Waals surface area contributed by atoms with E-state index < -0.39 is 0 Å². The van der Waals surface area contributed by atoms with Crippen molar-refractivity contribution in [3.8, 4) is 33.4 Å². The molecule has 0 saturated carbocycles. The molecule has 165 valence electrons. The van der Waals surface area contributed by atoms with Crippen LogP contribution in [0.5, 0.6) is 0 Å².